The van der Waals surface area contributed by atoms with Crippen LogP contribution in [0.5, 0.6) is 17.4 Å². The van der Waals surface area contributed by atoms with E-state index < -0.39 is 0 Å². The zero-order valence-electron chi connectivity index (χ0n) is 13.0. The van der Waals surface area contributed by atoms with E-state index in [2.05, 4.69) is 9.97 Å². The molecule has 4 nitrogen and oxygen atoms in total. The molecule has 0 saturated carbocycles. The molecule has 4 rings (SSSR count). The van der Waals surface area contributed by atoms with Gasteiger partial charge in [-0.1, -0.05) is 12.1 Å². The summed E-state index contributed by atoms with van der Waals surface area (Å²) in [5.41, 5.74) is 1.38. The lowest BCUT2D eigenvalue weighted by atomic mass is 9.97. The number of hydrogen-bond donors (Lipinski definition) is 0. The number of thiophene rings is 1. The fourth-order valence-corrected chi connectivity index (χ4v) is 4.27. The topological polar surface area (TPSA) is 44.2 Å². The molecule has 3 aromatic rings. The predicted octanol–water partition coefficient (Wildman–Crippen LogP) is 4.76. The normalized spacial score (nSPS) is 13.8. The van der Waals surface area contributed by atoms with Crippen LogP contribution in [-0.2, 0) is 12.8 Å². The van der Waals surface area contributed by atoms with Crippen LogP contribution >= 0.6 is 11.3 Å². The van der Waals surface area contributed by atoms with Crippen LogP contribution in [-0.4, -0.2) is 16.6 Å². The van der Waals surface area contributed by atoms with Crippen molar-refractivity contribution in [1.29, 1.82) is 0 Å². The van der Waals surface area contributed by atoms with Gasteiger partial charge in [-0.15, -0.1) is 11.3 Å². The lowest BCUT2D eigenvalue weighted by molar-refractivity contribution is 0.320. The number of para-hydroxylation sites is 2. The molecule has 2 aromatic heterocycles. The van der Waals surface area contributed by atoms with Crippen molar-refractivity contribution in [3.63, 3.8) is 0 Å². The number of ether oxygens (including phenoxy) is 2. The third kappa shape index (κ3) is 2.65. The van der Waals surface area contributed by atoms with Crippen LogP contribution in [0, 0.1) is 0 Å². The summed E-state index contributed by atoms with van der Waals surface area (Å²) in [6.45, 7) is 2.57. The minimum Gasteiger partial charge on any atom is -0.490 e. The van der Waals surface area contributed by atoms with Crippen LogP contribution in [0.15, 0.2) is 30.6 Å². The first-order chi connectivity index (χ1) is 11.4. The number of aryl methyl sites for hydroxylation is 2. The maximum absolute atomic E-state index is 6.13. The van der Waals surface area contributed by atoms with E-state index in [4.69, 9.17) is 9.47 Å². The van der Waals surface area contributed by atoms with E-state index in [9.17, 15) is 0 Å². The Morgan fingerprint density at radius 3 is 2.78 bits per heavy atom. The zero-order chi connectivity index (χ0) is 15.6. The molecule has 0 fully saturated rings. The van der Waals surface area contributed by atoms with E-state index in [0.29, 0.717) is 18.2 Å². The Hall–Kier alpha value is -2.14. The van der Waals surface area contributed by atoms with Gasteiger partial charge in [-0.2, -0.15) is 0 Å². The Morgan fingerprint density at radius 2 is 1.91 bits per heavy atom. The van der Waals surface area contributed by atoms with Crippen molar-refractivity contribution in [2.24, 2.45) is 0 Å². The number of nitrogens with zero attached hydrogens (tertiary/aromatic N) is 2. The fraction of sp³-hybridized carbons (Fsp3) is 0.333. The Bertz CT molecular complexity index is 844. The second-order valence-corrected chi connectivity index (χ2v) is 6.64. The average molecular weight is 326 g/mol. The lowest BCUT2D eigenvalue weighted by Crippen LogP contribution is -2.00. The largest absolute Gasteiger partial charge is 0.490 e. The highest BCUT2D eigenvalue weighted by molar-refractivity contribution is 7.18. The van der Waals surface area contributed by atoms with Crippen LogP contribution in [0.2, 0.25) is 0 Å². The molecule has 2 heterocycles. The van der Waals surface area contributed by atoms with Crippen molar-refractivity contribution in [2.75, 3.05) is 6.61 Å². The van der Waals surface area contributed by atoms with Gasteiger partial charge in [-0.25, -0.2) is 9.97 Å². The molecule has 0 aliphatic heterocycles. The molecule has 23 heavy (non-hydrogen) atoms. The first-order valence-corrected chi connectivity index (χ1v) is 8.83. The third-order valence-corrected chi connectivity index (χ3v) is 5.27. The Morgan fingerprint density at radius 1 is 1.09 bits per heavy atom. The Labute approximate surface area is 139 Å². The molecule has 118 valence electrons. The summed E-state index contributed by atoms with van der Waals surface area (Å²) in [4.78, 5) is 11.3. The van der Waals surface area contributed by atoms with E-state index >= 15 is 0 Å². The summed E-state index contributed by atoms with van der Waals surface area (Å²) in [7, 11) is 0. The monoisotopic (exact) mass is 326 g/mol. The van der Waals surface area contributed by atoms with Crippen LogP contribution in [0.3, 0.4) is 0 Å². The third-order valence-electron chi connectivity index (χ3n) is 4.07. The lowest BCUT2D eigenvalue weighted by Gasteiger charge is -2.13. The number of hydrogen-bond acceptors (Lipinski definition) is 5. The highest BCUT2D eigenvalue weighted by Gasteiger charge is 2.21. The van der Waals surface area contributed by atoms with E-state index in [1.165, 1.54) is 23.3 Å². The standard InChI is InChI=1S/C18H18N2O2S/c1-2-21-13-8-4-5-9-14(13)22-17-16-12-7-3-6-10-15(12)23-18(16)20-11-19-17/h4-5,8-9,11H,2-3,6-7,10H2,1H3. The van der Waals surface area contributed by atoms with Crippen LogP contribution in [0.4, 0.5) is 0 Å². The van der Waals surface area contributed by atoms with Gasteiger partial charge < -0.3 is 9.47 Å². The van der Waals surface area contributed by atoms with Gasteiger partial charge in [-0.3, -0.25) is 0 Å². The molecule has 0 amide bonds. The van der Waals surface area contributed by atoms with Crippen molar-refractivity contribution >= 4 is 21.6 Å². The predicted molar refractivity (Wildman–Crippen MR) is 91.7 cm³/mol. The van der Waals surface area contributed by atoms with Gasteiger partial charge in [0.25, 0.3) is 0 Å². The fourth-order valence-electron chi connectivity index (χ4n) is 3.05. The molecule has 0 spiro atoms. The van der Waals surface area contributed by atoms with Gasteiger partial charge in [0.05, 0.1) is 12.0 Å². The zero-order valence-corrected chi connectivity index (χ0v) is 13.9. The molecule has 0 saturated heterocycles. The summed E-state index contributed by atoms with van der Waals surface area (Å²) < 4.78 is 11.8. The van der Waals surface area contributed by atoms with E-state index in [-0.39, 0.29) is 0 Å². The summed E-state index contributed by atoms with van der Waals surface area (Å²) in [6.07, 6.45) is 6.31. The second kappa shape index (κ2) is 6.16. The van der Waals surface area contributed by atoms with Crippen LogP contribution in [0.1, 0.15) is 30.2 Å². The number of fused-ring (bicyclic) bond motifs is 3. The minimum absolute atomic E-state index is 0.605. The van der Waals surface area contributed by atoms with E-state index in [0.717, 1.165) is 28.8 Å². The summed E-state index contributed by atoms with van der Waals surface area (Å²) >= 11 is 1.78. The van der Waals surface area contributed by atoms with E-state index in [1.54, 1.807) is 17.7 Å². The SMILES string of the molecule is CCOc1ccccc1Oc1ncnc2sc3c(c12)CCCC3. The molecule has 1 aliphatic carbocycles. The molecule has 0 radical (unpaired) electrons. The number of aromatic nitrogens is 2. The first-order valence-electron chi connectivity index (χ1n) is 8.01. The molecular formula is C18H18N2O2S. The molecule has 0 atom stereocenters. The Balaban J connectivity index is 1.79. The number of benzene rings is 1. The van der Waals surface area contributed by atoms with Gasteiger partial charge in [0.15, 0.2) is 11.5 Å². The number of rotatable bonds is 4. The van der Waals surface area contributed by atoms with E-state index in [1.807, 2.05) is 31.2 Å². The minimum atomic E-state index is 0.605. The van der Waals surface area contributed by atoms with Crippen LogP contribution in [0.25, 0.3) is 10.2 Å². The second-order valence-electron chi connectivity index (χ2n) is 5.55. The smallest absolute Gasteiger partial charge is 0.231 e. The molecular weight excluding hydrogens is 308 g/mol. The van der Waals surface area contributed by atoms with Crippen molar-refractivity contribution in [3.05, 3.63) is 41.0 Å². The quantitative estimate of drug-likeness (QED) is 0.693. The maximum Gasteiger partial charge on any atom is 0.231 e. The van der Waals surface area contributed by atoms with Gasteiger partial charge in [0.1, 0.15) is 11.2 Å². The summed E-state index contributed by atoms with van der Waals surface area (Å²) in [5, 5.41) is 1.08. The van der Waals surface area contributed by atoms with Crippen LogP contribution < -0.4 is 9.47 Å². The average Bonchev–Trinajstić information content (AvgIpc) is 2.96. The van der Waals surface area contributed by atoms with Crippen molar-refractivity contribution in [1.82, 2.24) is 9.97 Å². The van der Waals surface area contributed by atoms with Crippen molar-refractivity contribution < 1.29 is 9.47 Å². The molecule has 1 aromatic carbocycles. The van der Waals surface area contributed by atoms with Gasteiger partial charge in [0, 0.05) is 4.88 Å². The molecule has 0 N–H and O–H groups in total. The first kappa shape index (κ1) is 14.5. The van der Waals surface area contributed by atoms with Gasteiger partial charge >= 0.3 is 0 Å². The van der Waals surface area contributed by atoms with Crippen molar-refractivity contribution in [2.45, 2.75) is 32.6 Å². The molecule has 0 bridgehead atoms. The van der Waals surface area contributed by atoms with Crippen molar-refractivity contribution in [3.8, 4) is 17.4 Å². The maximum atomic E-state index is 6.13. The molecule has 5 heteroatoms. The van der Waals surface area contributed by atoms with Gasteiger partial charge in [-0.05, 0) is 50.3 Å². The highest BCUT2D eigenvalue weighted by atomic mass is 32.1. The summed E-state index contributed by atoms with van der Waals surface area (Å²) in [5.74, 6) is 2.08. The molecule has 1 aliphatic rings. The summed E-state index contributed by atoms with van der Waals surface area (Å²) in [6, 6.07) is 7.72. The van der Waals surface area contributed by atoms with Gasteiger partial charge in [0.2, 0.25) is 5.88 Å². The highest BCUT2D eigenvalue weighted by Crippen LogP contribution is 2.41. The molecule has 0 unspecified atom stereocenters. The Kier molecular flexibility index (Phi) is 3.87.